The maximum Gasteiger partial charge on any atom is 0.244 e. The van der Waals surface area contributed by atoms with Gasteiger partial charge in [-0.05, 0) is 42.7 Å². The number of hydrogen-bond donors (Lipinski definition) is 1. The van der Waals surface area contributed by atoms with Crippen LogP contribution in [0.25, 0.3) is 0 Å². The highest BCUT2D eigenvalue weighted by Crippen LogP contribution is 2.21. The second kappa shape index (κ2) is 11.5. The molecule has 0 aromatic heterocycles. The molecule has 174 valence electrons. The second-order valence-corrected chi connectivity index (χ2v) is 10.9. The fourth-order valence-electron chi connectivity index (χ4n) is 3.04. The van der Waals surface area contributed by atoms with Gasteiger partial charge in [0.05, 0.1) is 11.9 Å². The van der Waals surface area contributed by atoms with Crippen LogP contribution in [0.3, 0.4) is 0 Å². The standard InChI is InChI=1S/C23H30BrN3O4S/c1-17(2)14-25-23(29)18(3)26(15-19-8-6-5-7-9-19)22(28)16-27(32(4,30)31)21-12-10-20(24)11-13-21/h5-13,17-18H,14-16H2,1-4H3,(H,25,29). The summed E-state index contributed by atoms with van der Waals surface area (Å²) in [6.07, 6.45) is 1.06. The van der Waals surface area contributed by atoms with Gasteiger partial charge in [0.2, 0.25) is 21.8 Å². The number of hydrogen-bond acceptors (Lipinski definition) is 4. The topological polar surface area (TPSA) is 86.8 Å². The summed E-state index contributed by atoms with van der Waals surface area (Å²) in [6.45, 7) is 5.90. The molecule has 0 radical (unpaired) electrons. The Morgan fingerprint density at radius 3 is 2.12 bits per heavy atom. The van der Waals surface area contributed by atoms with Gasteiger partial charge >= 0.3 is 0 Å². The lowest BCUT2D eigenvalue weighted by Gasteiger charge is -2.31. The normalized spacial score (nSPS) is 12.3. The molecule has 0 heterocycles. The first-order valence-electron chi connectivity index (χ1n) is 10.3. The summed E-state index contributed by atoms with van der Waals surface area (Å²) in [7, 11) is -3.73. The molecule has 1 N–H and O–H groups in total. The van der Waals surface area contributed by atoms with Crippen molar-refractivity contribution in [2.75, 3.05) is 23.7 Å². The van der Waals surface area contributed by atoms with Crippen LogP contribution in [0.15, 0.2) is 59.1 Å². The number of halogens is 1. The highest BCUT2D eigenvalue weighted by atomic mass is 79.9. The molecule has 0 saturated carbocycles. The summed E-state index contributed by atoms with van der Waals surface area (Å²) in [6, 6.07) is 15.2. The second-order valence-electron chi connectivity index (χ2n) is 8.07. The van der Waals surface area contributed by atoms with Gasteiger partial charge in [-0.25, -0.2) is 8.42 Å². The summed E-state index contributed by atoms with van der Waals surface area (Å²) in [5.41, 5.74) is 1.22. The first kappa shape index (κ1) is 25.9. The molecule has 2 aromatic rings. The molecule has 7 nitrogen and oxygen atoms in total. The van der Waals surface area contributed by atoms with Gasteiger partial charge in [-0.1, -0.05) is 60.1 Å². The molecule has 0 aliphatic carbocycles. The first-order chi connectivity index (χ1) is 15.0. The van der Waals surface area contributed by atoms with Crippen LogP contribution in [0.4, 0.5) is 5.69 Å². The van der Waals surface area contributed by atoms with Crippen molar-refractivity contribution in [1.82, 2.24) is 10.2 Å². The van der Waals surface area contributed by atoms with Crippen LogP contribution >= 0.6 is 15.9 Å². The number of amides is 2. The Labute approximate surface area is 199 Å². The molecule has 2 rings (SSSR count). The van der Waals surface area contributed by atoms with E-state index in [9.17, 15) is 18.0 Å². The quantitative estimate of drug-likeness (QED) is 0.516. The van der Waals surface area contributed by atoms with Crippen molar-refractivity contribution in [2.24, 2.45) is 5.92 Å². The van der Waals surface area contributed by atoms with Crippen LogP contribution < -0.4 is 9.62 Å². The van der Waals surface area contributed by atoms with Crippen molar-refractivity contribution in [3.05, 3.63) is 64.6 Å². The molecule has 0 aliphatic heterocycles. The average Bonchev–Trinajstić information content (AvgIpc) is 2.74. The van der Waals surface area contributed by atoms with Crippen LogP contribution in [-0.4, -0.2) is 50.5 Å². The maximum absolute atomic E-state index is 13.4. The minimum Gasteiger partial charge on any atom is -0.354 e. The van der Waals surface area contributed by atoms with E-state index in [1.54, 1.807) is 31.2 Å². The minimum absolute atomic E-state index is 0.188. The lowest BCUT2D eigenvalue weighted by molar-refractivity contribution is -0.139. The van der Waals surface area contributed by atoms with Gasteiger partial charge in [0.1, 0.15) is 12.6 Å². The zero-order valence-electron chi connectivity index (χ0n) is 18.8. The van der Waals surface area contributed by atoms with E-state index in [2.05, 4.69) is 21.2 Å². The molecule has 0 bridgehead atoms. The minimum atomic E-state index is -3.73. The SMILES string of the molecule is CC(C)CNC(=O)C(C)N(Cc1ccccc1)C(=O)CN(c1ccc(Br)cc1)S(C)(=O)=O. The number of nitrogens with one attached hydrogen (secondary N) is 1. The number of anilines is 1. The molecule has 1 unspecified atom stereocenters. The zero-order chi connectivity index (χ0) is 23.9. The Morgan fingerprint density at radius 1 is 1.00 bits per heavy atom. The van der Waals surface area contributed by atoms with E-state index in [4.69, 9.17) is 0 Å². The number of carbonyl (C=O) groups is 2. The largest absolute Gasteiger partial charge is 0.354 e. The third-order valence-corrected chi connectivity index (χ3v) is 6.51. The summed E-state index contributed by atoms with van der Waals surface area (Å²) in [5.74, 6) is -0.477. The van der Waals surface area contributed by atoms with Crippen molar-refractivity contribution in [3.63, 3.8) is 0 Å². The fraction of sp³-hybridized carbons (Fsp3) is 0.391. The molecule has 0 spiro atoms. The summed E-state index contributed by atoms with van der Waals surface area (Å²) in [5, 5.41) is 2.85. The Morgan fingerprint density at radius 2 is 1.59 bits per heavy atom. The number of rotatable bonds is 10. The Bertz CT molecular complexity index is 1010. The summed E-state index contributed by atoms with van der Waals surface area (Å²) in [4.78, 5) is 27.5. The van der Waals surface area contributed by atoms with Crippen molar-refractivity contribution in [2.45, 2.75) is 33.4 Å². The highest BCUT2D eigenvalue weighted by molar-refractivity contribution is 9.10. The maximum atomic E-state index is 13.4. The number of nitrogens with zero attached hydrogens (tertiary/aromatic N) is 2. The van der Waals surface area contributed by atoms with Crippen LogP contribution in [0, 0.1) is 5.92 Å². The molecule has 0 saturated heterocycles. The van der Waals surface area contributed by atoms with Crippen LogP contribution in [-0.2, 0) is 26.2 Å². The van der Waals surface area contributed by atoms with Crippen LogP contribution in [0.5, 0.6) is 0 Å². The lowest BCUT2D eigenvalue weighted by atomic mass is 10.1. The van der Waals surface area contributed by atoms with E-state index in [1.807, 2.05) is 44.2 Å². The van der Waals surface area contributed by atoms with Crippen LogP contribution in [0.2, 0.25) is 0 Å². The van der Waals surface area contributed by atoms with Crippen molar-refractivity contribution in [3.8, 4) is 0 Å². The average molecular weight is 524 g/mol. The van der Waals surface area contributed by atoms with Crippen LogP contribution in [0.1, 0.15) is 26.3 Å². The smallest absolute Gasteiger partial charge is 0.244 e. The van der Waals surface area contributed by atoms with Gasteiger partial charge in [-0.2, -0.15) is 0 Å². The number of sulfonamides is 1. The third kappa shape index (κ3) is 7.63. The van der Waals surface area contributed by atoms with E-state index >= 15 is 0 Å². The van der Waals surface area contributed by atoms with Crippen molar-refractivity contribution < 1.29 is 18.0 Å². The van der Waals surface area contributed by atoms with Gasteiger partial charge in [-0.3, -0.25) is 13.9 Å². The summed E-state index contributed by atoms with van der Waals surface area (Å²) < 4.78 is 26.8. The Hall–Kier alpha value is -2.39. The number of benzene rings is 2. The highest BCUT2D eigenvalue weighted by Gasteiger charge is 2.30. The molecular formula is C23H30BrN3O4S. The predicted molar refractivity (Wildman–Crippen MR) is 131 cm³/mol. The van der Waals surface area contributed by atoms with E-state index in [1.165, 1.54) is 4.90 Å². The molecule has 32 heavy (non-hydrogen) atoms. The molecule has 0 fully saturated rings. The van der Waals surface area contributed by atoms with E-state index in [-0.39, 0.29) is 18.4 Å². The molecular weight excluding hydrogens is 494 g/mol. The molecule has 1 atom stereocenters. The van der Waals surface area contributed by atoms with Gasteiger partial charge in [-0.15, -0.1) is 0 Å². The zero-order valence-corrected chi connectivity index (χ0v) is 21.2. The van der Waals surface area contributed by atoms with Gasteiger partial charge in [0.15, 0.2) is 0 Å². The summed E-state index contributed by atoms with van der Waals surface area (Å²) >= 11 is 3.33. The Kier molecular flexibility index (Phi) is 9.27. The number of carbonyl (C=O) groups excluding carboxylic acids is 2. The van der Waals surface area contributed by atoms with Gasteiger partial charge < -0.3 is 10.2 Å². The lowest BCUT2D eigenvalue weighted by Crippen LogP contribution is -2.51. The monoisotopic (exact) mass is 523 g/mol. The fourth-order valence-corrected chi connectivity index (χ4v) is 4.15. The van der Waals surface area contributed by atoms with E-state index in [0.717, 1.165) is 20.6 Å². The Balaban J connectivity index is 2.32. The predicted octanol–water partition coefficient (Wildman–Crippen LogP) is 3.40. The van der Waals surface area contributed by atoms with Gasteiger partial charge in [0, 0.05) is 17.6 Å². The molecule has 2 aromatic carbocycles. The van der Waals surface area contributed by atoms with E-state index in [0.29, 0.717) is 12.2 Å². The third-order valence-electron chi connectivity index (χ3n) is 4.84. The van der Waals surface area contributed by atoms with Crippen molar-refractivity contribution >= 4 is 43.5 Å². The molecule has 9 heteroatoms. The molecule has 0 aliphatic rings. The first-order valence-corrected chi connectivity index (χ1v) is 13.0. The molecule has 2 amide bonds. The van der Waals surface area contributed by atoms with E-state index < -0.39 is 28.5 Å². The van der Waals surface area contributed by atoms with Crippen molar-refractivity contribution in [1.29, 1.82) is 0 Å². The van der Waals surface area contributed by atoms with Gasteiger partial charge in [0.25, 0.3) is 0 Å².